The summed E-state index contributed by atoms with van der Waals surface area (Å²) in [6.07, 6.45) is 0.666. The Kier molecular flexibility index (Phi) is 8.85. The van der Waals surface area contributed by atoms with Gasteiger partial charge in [0.2, 0.25) is 10.0 Å². The van der Waals surface area contributed by atoms with E-state index in [1.807, 2.05) is 13.0 Å². The molecule has 2 N–H and O–H groups in total. The zero-order valence-corrected chi connectivity index (χ0v) is 16.3. The second kappa shape index (κ2) is 10.4. The molecule has 25 heavy (non-hydrogen) atoms. The number of sulfonamides is 1. The lowest BCUT2D eigenvalue weighted by Gasteiger charge is -2.16. The highest BCUT2D eigenvalue weighted by Crippen LogP contribution is 2.09. The van der Waals surface area contributed by atoms with Crippen LogP contribution in [-0.2, 0) is 16.6 Å². The minimum Gasteiger partial charge on any atom is -0.357 e. The maximum absolute atomic E-state index is 13.6. The molecule has 0 bridgehead atoms. The van der Waals surface area contributed by atoms with Crippen LogP contribution in [0.15, 0.2) is 23.2 Å². The fraction of sp³-hybridized carbons (Fsp3) is 0.588. The molecule has 142 valence electrons. The summed E-state index contributed by atoms with van der Waals surface area (Å²) < 4.78 is 38.3. The Morgan fingerprint density at radius 2 is 2.00 bits per heavy atom. The largest absolute Gasteiger partial charge is 0.357 e. The van der Waals surface area contributed by atoms with Gasteiger partial charge in [0.25, 0.3) is 0 Å². The van der Waals surface area contributed by atoms with Gasteiger partial charge in [0.15, 0.2) is 5.96 Å². The van der Waals surface area contributed by atoms with Crippen LogP contribution in [-0.4, -0.2) is 51.1 Å². The van der Waals surface area contributed by atoms with E-state index in [4.69, 9.17) is 0 Å². The molecule has 0 radical (unpaired) electrons. The highest BCUT2D eigenvalue weighted by Gasteiger charge is 2.13. The second-order valence-electron chi connectivity index (χ2n) is 5.78. The highest BCUT2D eigenvalue weighted by atomic mass is 32.2. The van der Waals surface area contributed by atoms with E-state index in [1.165, 1.54) is 10.4 Å². The Labute approximate surface area is 150 Å². The van der Waals surface area contributed by atoms with Gasteiger partial charge in [-0.15, -0.1) is 0 Å². The lowest BCUT2D eigenvalue weighted by atomic mass is 10.1. The first-order valence-corrected chi connectivity index (χ1v) is 10.1. The Morgan fingerprint density at radius 3 is 2.60 bits per heavy atom. The predicted octanol–water partition coefficient (Wildman–Crippen LogP) is 1.86. The van der Waals surface area contributed by atoms with Gasteiger partial charge in [-0.2, -0.15) is 0 Å². The van der Waals surface area contributed by atoms with Crippen molar-refractivity contribution in [1.82, 2.24) is 14.9 Å². The van der Waals surface area contributed by atoms with Gasteiger partial charge >= 0.3 is 0 Å². The van der Waals surface area contributed by atoms with E-state index in [1.54, 1.807) is 27.0 Å². The minimum absolute atomic E-state index is 0.105. The monoisotopic (exact) mass is 372 g/mol. The molecular formula is C17H29FN4O2S. The lowest BCUT2D eigenvalue weighted by molar-refractivity contribution is 0.461. The molecule has 8 heteroatoms. The standard InChI is InChI=1S/C17H29FN4O2S/c1-5-19-17(20-10-7-11-22(4)25(23,24)6-2)21-13-15-9-8-14(3)16(18)12-15/h8-9,12H,5-7,10-11,13H2,1-4H3,(H2,19,20,21). The van der Waals surface area contributed by atoms with Gasteiger partial charge in [0.1, 0.15) is 5.82 Å². The molecule has 6 nitrogen and oxygen atoms in total. The third-order valence-corrected chi connectivity index (χ3v) is 5.64. The van der Waals surface area contributed by atoms with Crippen LogP contribution in [0, 0.1) is 12.7 Å². The molecule has 0 spiro atoms. The summed E-state index contributed by atoms with van der Waals surface area (Å²) in [5, 5.41) is 6.29. The second-order valence-corrected chi connectivity index (χ2v) is 8.15. The number of rotatable bonds is 9. The van der Waals surface area contributed by atoms with Crippen LogP contribution in [0.5, 0.6) is 0 Å². The van der Waals surface area contributed by atoms with Crippen molar-refractivity contribution in [2.24, 2.45) is 4.99 Å². The Morgan fingerprint density at radius 1 is 1.28 bits per heavy atom. The van der Waals surface area contributed by atoms with Crippen LogP contribution in [0.25, 0.3) is 0 Å². The molecular weight excluding hydrogens is 343 g/mol. The van der Waals surface area contributed by atoms with Crippen LogP contribution < -0.4 is 10.6 Å². The third-order valence-electron chi connectivity index (χ3n) is 3.78. The molecule has 0 aromatic heterocycles. The van der Waals surface area contributed by atoms with E-state index < -0.39 is 10.0 Å². The van der Waals surface area contributed by atoms with Crippen molar-refractivity contribution in [3.63, 3.8) is 0 Å². The van der Waals surface area contributed by atoms with Crippen molar-refractivity contribution in [2.75, 3.05) is 32.4 Å². The molecule has 0 saturated heterocycles. The minimum atomic E-state index is -3.14. The summed E-state index contributed by atoms with van der Waals surface area (Å²) in [6, 6.07) is 5.09. The number of aliphatic imine (C=N–C) groups is 1. The smallest absolute Gasteiger partial charge is 0.213 e. The summed E-state index contributed by atoms with van der Waals surface area (Å²) in [5.41, 5.74) is 1.41. The normalized spacial score (nSPS) is 12.5. The number of guanidine groups is 1. The molecule has 0 aliphatic rings. The summed E-state index contributed by atoms with van der Waals surface area (Å²) in [5.74, 6) is 0.504. The van der Waals surface area contributed by atoms with E-state index in [-0.39, 0.29) is 11.6 Å². The first-order valence-electron chi connectivity index (χ1n) is 8.51. The van der Waals surface area contributed by atoms with E-state index in [0.717, 1.165) is 5.56 Å². The summed E-state index contributed by atoms with van der Waals surface area (Å²) in [6.45, 7) is 7.44. The topological polar surface area (TPSA) is 73.8 Å². The van der Waals surface area contributed by atoms with Gasteiger partial charge in [-0.1, -0.05) is 12.1 Å². The molecule has 1 aromatic carbocycles. The van der Waals surface area contributed by atoms with Gasteiger partial charge in [0, 0.05) is 26.7 Å². The average Bonchev–Trinajstić information content (AvgIpc) is 2.58. The maximum atomic E-state index is 13.6. The molecule has 0 heterocycles. The Bertz CT molecular complexity index is 677. The third kappa shape index (κ3) is 7.39. The zero-order valence-electron chi connectivity index (χ0n) is 15.5. The summed E-state index contributed by atoms with van der Waals surface area (Å²) >= 11 is 0. The number of halogens is 1. The van der Waals surface area contributed by atoms with Crippen molar-refractivity contribution in [3.8, 4) is 0 Å². The summed E-state index contributed by atoms with van der Waals surface area (Å²) in [4.78, 5) is 4.43. The van der Waals surface area contributed by atoms with Gasteiger partial charge in [-0.25, -0.2) is 22.1 Å². The molecule has 1 aromatic rings. The van der Waals surface area contributed by atoms with Gasteiger partial charge < -0.3 is 10.6 Å². The number of hydrogen-bond acceptors (Lipinski definition) is 3. The van der Waals surface area contributed by atoms with Gasteiger partial charge in [-0.3, -0.25) is 0 Å². The molecule has 0 aliphatic carbocycles. The zero-order chi connectivity index (χ0) is 18.9. The van der Waals surface area contributed by atoms with Crippen molar-refractivity contribution in [2.45, 2.75) is 33.7 Å². The Balaban J connectivity index is 2.52. The van der Waals surface area contributed by atoms with E-state index >= 15 is 0 Å². The van der Waals surface area contributed by atoms with E-state index in [2.05, 4.69) is 15.6 Å². The number of hydrogen-bond donors (Lipinski definition) is 2. The highest BCUT2D eigenvalue weighted by molar-refractivity contribution is 7.89. The number of benzene rings is 1. The van der Waals surface area contributed by atoms with E-state index in [0.29, 0.717) is 44.1 Å². The molecule has 0 saturated carbocycles. The predicted molar refractivity (Wildman–Crippen MR) is 101 cm³/mol. The number of nitrogens with zero attached hydrogens (tertiary/aromatic N) is 2. The average molecular weight is 373 g/mol. The SMILES string of the molecule is CCNC(=NCc1ccc(C)c(F)c1)NCCCN(C)S(=O)(=O)CC. The first-order chi connectivity index (χ1) is 11.8. The molecule has 0 fully saturated rings. The molecule has 0 unspecified atom stereocenters. The Hall–Kier alpha value is -1.67. The van der Waals surface area contributed by atoms with Crippen LogP contribution >= 0.6 is 0 Å². The molecule has 0 amide bonds. The molecule has 0 atom stereocenters. The number of nitrogens with one attached hydrogen (secondary N) is 2. The first kappa shape index (κ1) is 21.4. The van der Waals surface area contributed by atoms with Gasteiger partial charge in [0.05, 0.1) is 12.3 Å². The van der Waals surface area contributed by atoms with Crippen LogP contribution in [0.2, 0.25) is 0 Å². The van der Waals surface area contributed by atoms with Crippen molar-refractivity contribution in [3.05, 3.63) is 35.1 Å². The van der Waals surface area contributed by atoms with Crippen molar-refractivity contribution >= 4 is 16.0 Å². The molecule has 1 rings (SSSR count). The van der Waals surface area contributed by atoms with Crippen molar-refractivity contribution in [1.29, 1.82) is 0 Å². The number of aryl methyl sites for hydroxylation is 1. The van der Waals surface area contributed by atoms with Crippen LogP contribution in [0.1, 0.15) is 31.4 Å². The molecule has 0 aliphatic heterocycles. The maximum Gasteiger partial charge on any atom is 0.213 e. The summed E-state index contributed by atoms with van der Waals surface area (Å²) in [7, 11) is -1.55. The quantitative estimate of drug-likeness (QED) is 0.394. The van der Waals surface area contributed by atoms with E-state index in [9.17, 15) is 12.8 Å². The fourth-order valence-electron chi connectivity index (χ4n) is 2.11. The lowest BCUT2D eigenvalue weighted by Crippen LogP contribution is -2.39. The van der Waals surface area contributed by atoms with Crippen LogP contribution in [0.3, 0.4) is 0 Å². The van der Waals surface area contributed by atoms with Crippen LogP contribution in [0.4, 0.5) is 4.39 Å². The van der Waals surface area contributed by atoms with Gasteiger partial charge in [-0.05, 0) is 44.4 Å². The fourth-order valence-corrected chi connectivity index (χ4v) is 2.96. The van der Waals surface area contributed by atoms with Crippen molar-refractivity contribution < 1.29 is 12.8 Å².